The third-order valence-corrected chi connectivity index (χ3v) is 1.61. The van der Waals surface area contributed by atoms with Crippen molar-refractivity contribution in [2.45, 2.75) is 12.5 Å². The zero-order valence-electron chi connectivity index (χ0n) is 7.14. The number of hydrogen-bond donors (Lipinski definition) is 3. The highest BCUT2D eigenvalue weighted by Gasteiger charge is 2.16. The maximum atomic E-state index is 10.4. The Balaban J connectivity index is 2.69. The number of carboxylic acid groups (broad SMARTS) is 2. The minimum Gasteiger partial charge on any atom is -0.480 e. The van der Waals surface area contributed by atoms with E-state index in [-0.39, 0.29) is 17.9 Å². The zero-order chi connectivity index (χ0) is 10.7. The van der Waals surface area contributed by atoms with Crippen molar-refractivity contribution in [1.82, 2.24) is 0 Å². The molecular formula is C8H9NO5. The lowest BCUT2D eigenvalue weighted by Crippen LogP contribution is -2.32. The number of carbonyl (C=O) groups is 2. The first kappa shape index (κ1) is 10.3. The average Bonchev–Trinajstić information content (AvgIpc) is 2.52. The Kier molecular flexibility index (Phi) is 2.88. The first-order valence-corrected chi connectivity index (χ1v) is 3.81. The SMILES string of the molecule is N[C@@H](Cc1ccc(C(=O)O)o1)C(=O)O. The van der Waals surface area contributed by atoms with Crippen molar-refractivity contribution in [3.63, 3.8) is 0 Å². The molecule has 0 saturated heterocycles. The summed E-state index contributed by atoms with van der Waals surface area (Å²) >= 11 is 0. The Morgan fingerprint density at radius 3 is 2.50 bits per heavy atom. The van der Waals surface area contributed by atoms with Crippen molar-refractivity contribution < 1.29 is 24.2 Å². The van der Waals surface area contributed by atoms with Gasteiger partial charge >= 0.3 is 11.9 Å². The van der Waals surface area contributed by atoms with Crippen molar-refractivity contribution in [2.75, 3.05) is 0 Å². The molecule has 0 spiro atoms. The third-order valence-electron chi connectivity index (χ3n) is 1.61. The number of hydrogen-bond acceptors (Lipinski definition) is 4. The highest BCUT2D eigenvalue weighted by atomic mass is 16.4. The van der Waals surface area contributed by atoms with Gasteiger partial charge in [0.25, 0.3) is 0 Å². The van der Waals surface area contributed by atoms with Gasteiger partial charge in [-0.05, 0) is 12.1 Å². The molecule has 4 N–H and O–H groups in total. The van der Waals surface area contributed by atoms with E-state index in [1.807, 2.05) is 0 Å². The van der Waals surface area contributed by atoms with Gasteiger partial charge in [-0.2, -0.15) is 0 Å². The van der Waals surface area contributed by atoms with E-state index in [1.165, 1.54) is 12.1 Å². The van der Waals surface area contributed by atoms with Crippen LogP contribution in [0.25, 0.3) is 0 Å². The van der Waals surface area contributed by atoms with Gasteiger partial charge in [0.2, 0.25) is 5.76 Å². The Morgan fingerprint density at radius 1 is 1.43 bits per heavy atom. The summed E-state index contributed by atoms with van der Waals surface area (Å²) in [6.45, 7) is 0. The predicted octanol–water partition coefficient (Wildman–Crippen LogP) is -0.0678. The monoisotopic (exact) mass is 199 g/mol. The van der Waals surface area contributed by atoms with Gasteiger partial charge in [-0.15, -0.1) is 0 Å². The summed E-state index contributed by atoms with van der Waals surface area (Å²) < 4.78 is 4.82. The van der Waals surface area contributed by atoms with E-state index < -0.39 is 18.0 Å². The molecule has 0 aliphatic carbocycles. The second kappa shape index (κ2) is 3.93. The molecule has 0 aliphatic rings. The Hall–Kier alpha value is -1.82. The van der Waals surface area contributed by atoms with Gasteiger partial charge in [0, 0.05) is 6.42 Å². The van der Waals surface area contributed by atoms with Gasteiger partial charge in [0.1, 0.15) is 11.8 Å². The van der Waals surface area contributed by atoms with E-state index in [0.29, 0.717) is 0 Å². The van der Waals surface area contributed by atoms with Gasteiger partial charge in [0.15, 0.2) is 0 Å². The highest BCUT2D eigenvalue weighted by Crippen LogP contribution is 2.09. The van der Waals surface area contributed by atoms with Gasteiger partial charge in [-0.25, -0.2) is 4.79 Å². The maximum Gasteiger partial charge on any atom is 0.371 e. The Morgan fingerprint density at radius 2 is 2.07 bits per heavy atom. The number of aliphatic carboxylic acids is 1. The quantitative estimate of drug-likeness (QED) is 0.625. The topological polar surface area (TPSA) is 114 Å². The van der Waals surface area contributed by atoms with Gasteiger partial charge in [-0.1, -0.05) is 0 Å². The lowest BCUT2D eigenvalue weighted by atomic mass is 10.2. The van der Waals surface area contributed by atoms with E-state index in [1.54, 1.807) is 0 Å². The molecule has 76 valence electrons. The minimum absolute atomic E-state index is 0.0252. The van der Waals surface area contributed by atoms with E-state index in [2.05, 4.69) is 0 Å². The van der Waals surface area contributed by atoms with Crippen LogP contribution in [-0.2, 0) is 11.2 Å². The summed E-state index contributed by atoms with van der Waals surface area (Å²) in [7, 11) is 0. The summed E-state index contributed by atoms with van der Waals surface area (Å²) in [5.41, 5.74) is 5.23. The maximum absolute atomic E-state index is 10.4. The molecule has 14 heavy (non-hydrogen) atoms. The van der Waals surface area contributed by atoms with Crippen LogP contribution in [0.15, 0.2) is 16.5 Å². The zero-order valence-corrected chi connectivity index (χ0v) is 7.14. The minimum atomic E-state index is -1.19. The summed E-state index contributed by atoms with van der Waals surface area (Å²) in [5, 5.41) is 17.0. The normalized spacial score (nSPS) is 12.4. The average molecular weight is 199 g/mol. The summed E-state index contributed by atoms with van der Waals surface area (Å²) in [5.74, 6) is -2.33. The van der Waals surface area contributed by atoms with Crippen LogP contribution >= 0.6 is 0 Å². The van der Waals surface area contributed by atoms with Crippen LogP contribution in [0.4, 0.5) is 0 Å². The fraction of sp³-hybridized carbons (Fsp3) is 0.250. The second-order valence-corrected chi connectivity index (χ2v) is 2.72. The lowest BCUT2D eigenvalue weighted by Gasteiger charge is -2.01. The molecule has 1 aromatic heterocycles. The number of rotatable bonds is 4. The number of nitrogens with two attached hydrogens (primary N) is 1. The predicted molar refractivity (Wildman–Crippen MR) is 45.0 cm³/mol. The largest absolute Gasteiger partial charge is 0.480 e. The van der Waals surface area contributed by atoms with E-state index >= 15 is 0 Å². The molecule has 1 aromatic rings. The fourth-order valence-corrected chi connectivity index (χ4v) is 0.907. The smallest absolute Gasteiger partial charge is 0.371 e. The molecule has 0 unspecified atom stereocenters. The molecule has 1 rings (SSSR count). The molecule has 0 saturated carbocycles. The number of furan rings is 1. The summed E-state index contributed by atoms with van der Waals surface area (Å²) in [4.78, 5) is 20.8. The van der Waals surface area contributed by atoms with Crippen LogP contribution in [0.3, 0.4) is 0 Å². The van der Waals surface area contributed by atoms with E-state index in [9.17, 15) is 9.59 Å². The third kappa shape index (κ3) is 2.33. The van der Waals surface area contributed by atoms with Gasteiger partial charge in [0.05, 0.1) is 0 Å². The number of carboxylic acids is 2. The van der Waals surface area contributed by atoms with Crippen molar-refractivity contribution in [2.24, 2.45) is 5.73 Å². The van der Waals surface area contributed by atoms with Crippen molar-refractivity contribution in [1.29, 1.82) is 0 Å². The van der Waals surface area contributed by atoms with Crippen LogP contribution < -0.4 is 5.73 Å². The molecular weight excluding hydrogens is 190 g/mol. The van der Waals surface area contributed by atoms with E-state index in [4.69, 9.17) is 20.4 Å². The van der Waals surface area contributed by atoms with Gasteiger partial charge in [-0.3, -0.25) is 4.79 Å². The molecule has 1 atom stereocenters. The number of aromatic carboxylic acids is 1. The summed E-state index contributed by atoms with van der Waals surface area (Å²) in [6, 6.07) is 1.57. The Labute approximate surface area is 78.9 Å². The molecule has 1 heterocycles. The second-order valence-electron chi connectivity index (χ2n) is 2.72. The Bertz CT molecular complexity index is 356. The molecule has 0 fully saturated rings. The molecule has 0 bridgehead atoms. The molecule has 0 aromatic carbocycles. The molecule has 0 amide bonds. The van der Waals surface area contributed by atoms with Gasteiger partial charge < -0.3 is 20.4 Å². The fourth-order valence-electron chi connectivity index (χ4n) is 0.907. The molecule has 0 radical (unpaired) electrons. The van der Waals surface area contributed by atoms with Crippen molar-refractivity contribution in [3.8, 4) is 0 Å². The van der Waals surface area contributed by atoms with Crippen LogP contribution in [0.1, 0.15) is 16.3 Å². The lowest BCUT2D eigenvalue weighted by molar-refractivity contribution is -0.138. The molecule has 6 heteroatoms. The van der Waals surface area contributed by atoms with Crippen LogP contribution in [-0.4, -0.2) is 28.2 Å². The van der Waals surface area contributed by atoms with Crippen molar-refractivity contribution in [3.05, 3.63) is 23.7 Å². The van der Waals surface area contributed by atoms with E-state index in [0.717, 1.165) is 0 Å². The van der Waals surface area contributed by atoms with Crippen LogP contribution in [0.5, 0.6) is 0 Å². The van der Waals surface area contributed by atoms with Crippen molar-refractivity contribution >= 4 is 11.9 Å². The summed E-state index contributed by atoms with van der Waals surface area (Å²) in [6.07, 6.45) is -0.0252. The highest BCUT2D eigenvalue weighted by molar-refractivity contribution is 5.84. The van der Waals surface area contributed by atoms with Crippen LogP contribution in [0, 0.1) is 0 Å². The first-order valence-electron chi connectivity index (χ1n) is 3.81. The van der Waals surface area contributed by atoms with Crippen LogP contribution in [0.2, 0.25) is 0 Å². The molecule has 0 aliphatic heterocycles. The molecule has 6 nitrogen and oxygen atoms in total. The standard InChI is InChI=1S/C8H9NO5/c9-5(7(10)11)3-4-1-2-6(14-4)8(12)13/h1-2,5H,3,9H2,(H,10,11)(H,12,13)/t5-/m0/s1. The first-order chi connectivity index (χ1) is 6.50.